The van der Waals surface area contributed by atoms with Gasteiger partial charge in [-0.2, -0.15) is 0 Å². The second-order valence-electron chi connectivity index (χ2n) is 4.71. The van der Waals surface area contributed by atoms with Crippen LogP contribution in [0.25, 0.3) is 0 Å². The highest BCUT2D eigenvalue weighted by molar-refractivity contribution is 5.13. The van der Waals surface area contributed by atoms with Crippen LogP contribution in [0.1, 0.15) is 70.7 Å². The van der Waals surface area contributed by atoms with Gasteiger partial charge in [-0.05, 0) is 18.8 Å². The van der Waals surface area contributed by atoms with Gasteiger partial charge in [-0.25, -0.2) is 4.68 Å². The van der Waals surface area contributed by atoms with Crippen LogP contribution in [-0.2, 0) is 13.0 Å². The molecule has 0 saturated carbocycles. The molecule has 0 aliphatic heterocycles. The van der Waals surface area contributed by atoms with Crippen molar-refractivity contribution in [1.29, 1.82) is 0 Å². The summed E-state index contributed by atoms with van der Waals surface area (Å²) in [5.74, 6) is 0.486. The smallest absolute Gasteiger partial charge is 0.0884 e. The van der Waals surface area contributed by atoms with Gasteiger partial charge in [0.2, 0.25) is 0 Å². The zero-order chi connectivity index (χ0) is 12.0. The molecule has 92 valence electrons. The third-order valence-corrected chi connectivity index (χ3v) is 2.97. The molecular formula is C13H25N3. The van der Waals surface area contributed by atoms with Gasteiger partial charge in [-0.1, -0.05) is 52.2 Å². The van der Waals surface area contributed by atoms with E-state index in [2.05, 4.69) is 42.7 Å². The topological polar surface area (TPSA) is 30.7 Å². The summed E-state index contributed by atoms with van der Waals surface area (Å²) in [5.41, 5.74) is 2.50. The minimum absolute atomic E-state index is 0.486. The average molecular weight is 223 g/mol. The van der Waals surface area contributed by atoms with E-state index in [1.165, 1.54) is 37.1 Å². The highest BCUT2D eigenvalue weighted by atomic mass is 15.4. The molecule has 1 aromatic rings. The van der Waals surface area contributed by atoms with Crippen LogP contribution >= 0.6 is 0 Å². The Bertz CT molecular complexity index is 302. The molecule has 0 amide bonds. The van der Waals surface area contributed by atoms with Crippen LogP contribution in [0.5, 0.6) is 0 Å². The van der Waals surface area contributed by atoms with Gasteiger partial charge in [0.15, 0.2) is 0 Å². The van der Waals surface area contributed by atoms with Crippen LogP contribution in [-0.4, -0.2) is 15.0 Å². The number of aromatic nitrogens is 3. The molecule has 0 aromatic carbocycles. The molecule has 0 spiro atoms. The maximum Gasteiger partial charge on any atom is 0.0884 e. The molecule has 0 unspecified atom stereocenters. The van der Waals surface area contributed by atoms with E-state index in [0.717, 1.165) is 13.0 Å². The van der Waals surface area contributed by atoms with Gasteiger partial charge < -0.3 is 0 Å². The van der Waals surface area contributed by atoms with Crippen molar-refractivity contribution in [2.24, 2.45) is 0 Å². The molecule has 0 aliphatic carbocycles. The quantitative estimate of drug-likeness (QED) is 0.662. The molecule has 16 heavy (non-hydrogen) atoms. The van der Waals surface area contributed by atoms with Gasteiger partial charge in [-0.15, -0.1) is 5.10 Å². The van der Waals surface area contributed by atoms with Gasteiger partial charge in [0.05, 0.1) is 11.4 Å². The van der Waals surface area contributed by atoms with Gasteiger partial charge in [0.1, 0.15) is 0 Å². The first-order valence-electron chi connectivity index (χ1n) is 6.62. The standard InChI is InChI=1S/C13H25N3/c1-5-7-8-9-10-16-12(6-2)13(11(3)4)14-15-16/h11H,5-10H2,1-4H3. The minimum Gasteiger partial charge on any atom is -0.249 e. The third-order valence-electron chi connectivity index (χ3n) is 2.97. The second-order valence-corrected chi connectivity index (χ2v) is 4.71. The molecule has 0 aliphatic rings. The van der Waals surface area contributed by atoms with Crippen molar-refractivity contribution in [3.8, 4) is 0 Å². The van der Waals surface area contributed by atoms with Gasteiger partial charge in [0, 0.05) is 6.54 Å². The molecule has 0 atom stereocenters. The Morgan fingerprint density at radius 3 is 2.44 bits per heavy atom. The summed E-state index contributed by atoms with van der Waals surface area (Å²) in [4.78, 5) is 0. The zero-order valence-corrected chi connectivity index (χ0v) is 11.2. The van der Waals surface area contributed by atoms with Crippen molar-refractivity contribution < 1.29 is 0 Å². The summed E-state index contributed by atoms with van der Waals surface area (Å²) in [6.07, 6.45) is 6.18. The highest BCUT2D eigenvalue weighted by Gasteiger charge is 2.13. The maximum atomic E-state index is 4.30. The SMILES string of the molecule is CCCCCCn1nnc(C(C)C)c1CC. The third kappa shape index (κ3) is 3.32. The van der Waals surface area contributed by atoms with Crippen LogP contribution in [0, 0.1) is 0 Å². The summed E-state index contributed by atoms with van der Waals surface area (Å²) in [7, 11) is 0. The monoisotopic (exact) mass is 223 g/mol. The van der Waals surface area contributed by atoms with Crippen LogP contribution in [0.3, 0.4) is 0 Å². The summed E-state index contributed by atoms with van der Waals surface area (Å²) in [5, 5.41) is 8.57. The fourth-order valence-corrected chi connectivity index (χ4v) is 2.03. The predicted octanol–water partition coefficient (Wildman–Crippen LogP) is 3.54. The lowest BCUT2D eigenvalue weighted by molar-refractivity contribution is 0.513. The van der Waals surface area contributed by atoms with Crippen LogP contribution in [0.2, 0.25) is 0 Å². The number of aryl methyl sites for hydroxylation is 1. The van der Waals surface area contributed by atoms with Crippen molar-refractivity contribution in [3.05, 3.63) is 11.4 Å². The molecule has 0 fully saturated rings. The van der Waals surface area contributed by atoms with Crippen LogP contribution in [0.15, 0.2) is 0 Å². The molecule has 3 nitrogen and oxygen atoms in total. The second kappa shape index (κ2) is 6.66. The van der Waals surface area contributed by atoms with E-state index in [9.17, 15) is 0 Å². The lowest BCUT2D eigenvalue weighted by atomic mass is 10.1. The Kier molecular flexibility index (Phi) is 5.50. The van der Waals surface area contributed by atoms with E-state index < -0.39 is 0 Å². The molecule has 1 heterocycles. The summed E-state index contributed by atoms with van der Waals surface area (Å²) in [6.45, 7) is 9.83. The first-order chi connectivity index (χ1) is 7.70. The van der Waals surface area contributed by atoms with Gasteiger partial charge >= 0.3 is 0 Å². The molecule has 0 N–H and O–H groups in total. The van der Waals surface area contributed by atoms with E-state index in [0.29, 0.717) is 5.92 Å². The summed E-state index contributed by atoms with van der Waals surface area (Å²) < 4.78 is 2.10. The maximum absolute atomic E-state index is 4.30. The average Bonchev–Trinajstić information content (AvgIpc) is 2.67. The van der Waals surface area contributed by atoms with E-state index in [-0.39, 0.29) is 0 Å². The molecule has 1 rings (SSSR count). The van der Waals surface area contributed by atoms with Crippen molar-refractivity contribution in [1.82, 2.24) is 15.0 Å². The first-order valence-corrected chi connectivity index (χ1v) is 6.62. The van der Waals surface area contributed by atoms with Gasteiger partial charge in [0.25, 0.3) is 0 Å². The lowest BCUT2D eigenvalue weighted by Gasteiger charge is -2.07. The lowest BCUT2D eigenvalue weighted by Crippen LogP contribution is -2.06. The molecule has 1 aromatic heterocycles. The van der Waals surface area contributed by atoms with Crippen molar-refractivity contribution in [2.45, 2.75) is 72.3 Å². The number of rotatable bonds is 7. The fourth-order valence-electron chi connectivity index (χ4n) is 2.03. The normalized spacial score (nSPS) is 11.3. The van der Waals surface area contributed by atoms with Crippen LogP contribution in [0.4, 0.5) is 0 Å². The Hall–Kier alpha value is -0.860. The number of hydrogen-bond acceptors (Lipinski definition) is 2. The van der Waals surface area contributed by atoms with E-state index in [4.69, 9.17) is 0 Å². The minimum atomic E-state index is 0.486. The molecule has 3 heteroatoms. The number of nitrogens with zero attached hydrogens (tertiary/aromatic N) is 3. The Morgan fingerprint density at radius 1 is 1.12 bits per heavy atom. The van der Waals surface area contributed by atoms with E-state index in [1.807, 2.05) is 0 Å². The molecule has 0 radical (unpaired) electrons. The van der Waals surface area contributed by atoms with E-state index >= 15 is 0 Å². The fraction of sp³-hybridized carbons (Fsp3) is 0.846. The largest absolute Gasteiger partial charge is 0.249 e. The van der Waals surface area contributed by atoms with Crippen molar-refractivity contribution in [2.75, 3.05) is 0 Å². The molecule has 0 saturated heterocycles. The summed E-state index contributed by atoms with van der Waals surface area (Å²) in [6, 6.07) is 0. The Morgan fingerprint density at radius 2 is 1.88 bits per heavy atom. The Labute approximate surface area is 99.2 Å². The highest BCUT2D eigenvalue weighted by Crippen LogP contribution is 2.17. The molecule has 0 bridgehead atoms. The van der Waals surface area contributed by atoms with Crippen molar-refractivity contribution >= 4 is 0 Å². The predicted molar refractivity (Wildman–Crippen MR) is 67.6 cm³/mol. The van der Waals surface area contributed by atoms with E-state index in [1.54, 1.807) is 0 Å². The van der Waals surface area contributed by atoms with Gasteiger partial charge in [-0.3, -0.25) is 0 Å². The Balaban J connectivity index is 2.58. The summed E-state index contributed by atoms with van der Waals surface area (Å²) >= 11 is 0. The zero-order valence-electron chi connectivity index (χ0n) is 11.2. The first kappa shape index (κ1) is 13.2. The van der Waals surface area contributed by atoms with Crippen molar-refractivity contribution in [3.63, 3.8) is 0 Å². The number of hydrogen-bond donors (Lipinski definition) is 0. The number of unbranched alkanes of at least 4 members (excludes halogenated alkanes) is 3. The molecular weight excluding hydrogens is 198 g/mol. The van der Waals surface area contributed by atoms with Crippen LogP contribution < -0.4 is 0 Å².